The number of nitrogens with zero attached hydrogens (tertiary/aromatic N) is 1. The Labute approximate surface area is 127 Å². The van der Waals surface area contributed by atoms with Crippen LogP contribution in [0.25, 0.3) is 0 Å². The average Bonchev–Trinajstić information content (AvgIpc) is 2.48. The largest absolute Gasteiger partial charge is 0.445 e. The minimum Gasteiger partial charge on any atom is -0.445 e. The SMILES string of the molecule is CC.CCN(C)C(=O)OC(C)CS(=O)(=O)c1ccccc1. The van der Waals surface area contributed by atoms with Crippen LogP contribution in [0, 0.1) is 0 Å². The van der Waals surface area contributed by atoms with Gasteiger partial charge in [0.1, 0.15) is 6.10 Å². The molecule has 0 aliphatic heterocycles. The molecule has 0 aliphatic rings. The highest BCUT2D eigenvalue weighted by molar-refractivity contribution is 7.91. The molecule has 1 amide bonds. The molecule has 0 saturated heterocycles. The van der Waals surface area contributed by atoms with Crippen molar-refractivity contribution in [1.82, 2.24) is 4.90 Å². The smallest absolute Gasteiger partial charge is 0.409 e. The Morgan fingerprint density at radius 2 is 1.76 bits per heavy atom. The maximum atomic E-state index is 12.1. The first-order valence-corrected chi connectivity index (χ1v) is 8.71. The van der Waals surface area contributed by atoms with Crippen LogP contribution in [0.2, 0.25) is 0 Å². The van der Waals surface area contributed by atoms with Gasteiger partial charge in [0, 0.05) is 13.6 Å². The van der Waals surface area contributed by atoms with Crippen LogP contribution in [0.4, 0.5) is 4.79 Å². The molecule has 1 unspecified atom stereocenters. The first-order valence-electron chi connectivity index (χ1n) is 7.06. The molecule has 1 rings (SSSR count). The van der Waals surface area contributed by atoms with Crippen molar-refractivity contribution < 1.29 is 17.9 Å². The van der Waals surface area contributed by atoms with E-state index in [9.17, 15) is 13.2 Å². The highest BCUT2D eigenvalue weighted by Crippen LogP contribution is 2.12. The lowest BCUT2D eigenvalue weighted by atomic mass is 10.4. The van der Waals surface area contributed by atoms with E-state index in [4.69, 9.17) is 4.74 Å². The lowest BCUT2D eigenvalue weighted by molar-refractivity contribution is 0.0866. The van der Waals surface area contributed by atoms with Crippen LogP contribution in [-0.4, -0.2) is 44.9 Å². The maximum absolute atomic E-state index is 12.1. The van der Waals surface area contributed by atoms with Gasteiger partial charge in [-0.1, -0.05) is 32.0 Å². The second-order valence-electron chi connectivity index (χ2n) is 4.30. The zero-order valence-corrected chi connectivity index (χ0v) is 14.2. The van der Waals surface area contributed by atoms with Gasteiger partial charge in [-0.2, -0.15) is 0 Å². The van der Waals surface area contributed by atoms with Crippen LogP contribution in [0.5, 0.6) is 0 Å². The van der Waals surface area contributed by atoms with Gasteiger partial charge in [-0.3, -0.25) is 0 Å². The molecule has 1 aromatic rings. The summed E-state index contributed by atoms with van der Waals surface area (Å²) < 4.78 is 29.2. The van der Waals surface area contributed by atoms with E-state index in [1.807, 2.05) is 20.8 Å². The molecule has 0 saturated carbocycles. The zero-order valence-electron chi connectivity index (χ0n) is 13.4. The van der Waals surface area contributed by atoms with Gasteiger partial charge < -0.3 is 9.64 Å². The van der Waals surface area contributed by atoms with Gasteiger partial charge in [0.05, 0.1) is 10.6 Å². The number of rotatable bonds is 5. The Hall–Kier alpha value is -1.56. The van der Waals surface area contributed by atoms with Crippen molar-refractivity contribution in [1.29, 1.82) is 0 Å². The topological polar surface area (TPSA) is 63.7 Å². The van der Waals surface area contributed by atoms with Crippen LogP contribution >= 0.6 is 0 Å². The minimum atomic E-state index is -3.43. The van der Waals surface area contributed by atoms with E-state index in [1.54, 1.807) is 32.2 Å². The summed E-state index contributed by atoms with van der Waals surface area (Å²) in [5, 5.41) is 0. The van der Waals surface area contributed by atoms with Crippen LogP contribution < -0.4 is 0 Å². The molecule has 0 aromatic heterocycles. The monoisotopic (exact) mass is 315 g/mol. The number of ether oxygens (including phenoxy) is 1. The highest BCUT2D eigenvalue weighted by Gasteiger charge is 2.21. The zero-order chi connectivity index (χ0) is 16.5. The van der Waals surface area contributed by atoms with Crippen molar-refractivity contribution in [3.63, 3.8) is 0 Å². The first-order chi connectivity index (χ1) is 9.86. The fourth-order valence-electron chi connectivity index (χ4n) is 1.46. The molecule has 1 atom stereocenters. The molecule has 0 N–H and O–H groups in total. The van der Waals surface area contributed by atoms with Crippen LogP contribution in [0.15, 0.2) is 35.2 Å². The highest BCUT2D eigenvalue weighted by atomic mass is 32.2. The molecule has 0 radical (unpaired) electrons. The van der Waals surface area contributed by atoms with E-state index in [-0.39, 0.29) is 10.6 Å². The van der Waals surface area contributed by atoms with Crippen LogP contribution in [0.3, 0.4) is 0 Å². The van der Waals surface area contributed by atoms with Crippen LogP contribution in [-0.2, 0) is 14.6 Å². The van der Waals surface area contributed by atoms with Crippen molar-refractivity contribution in [2.24, 2.45) is 0 Å². The van der Waals surface area contributed by atoms with E-state index in [2.05, 4.69) is 0 Å². The number of carbonyl (C=O) groups excluding carboxylic acids is 1. The third kappa shape index (κ3) is 6.62. The summed E-state index contributed by atoms with van der Waals surface area (Å²) in [5.41, 5.74) is 0. The Morgan fingerprint density at radius 3 is 2.24 bits per heavy atom. The number of carbonyl (C=O) groups is 1. The van der Waals surface area contributed by atoms with Gasteiger partial charge in [0.15, 0.2) is 9.84 Å². The summed E-state index contributed by atoms with van der Waals surface area (Å²) in [4.78, 5) is 13.1. The molecule has 21 heavy (non-hydrogen) atoms. The van der Waals surface area contributed by atoms with Crippen molar-refractivity contribution in [2.75, 3.05) is 19.3 Å². The van der Waals surface area contributed by atoms with Crippen LogP contribution in [0.1, 0.15) is 27.7 Å². The third-order valence-corrected chi connectivity index (χ3v) is 4.54. The molecule has 6 heteroatoms. The number of sulfone groups is 1. The van der Waals surface area contributed by atoms with E-state index in [1.165, 1.54) is 17.0 Å². The second kappa shape index (κ2) is 9.39. The van der Waals surface area contributed by atoms with Crippen molar-refractivity contribution in [3.8, 4) is 0 Å². The fraction of sp³-hybridized carbons (Fsp3) is 0.533. The Balaban J connectivity index is 0.00000191. The standard InChI is InChI=1S/C13H19NO4S.C2H6/c1-4-14(3)13(15)18-11(2)10-19(16,17)12-8-6-5-7-9-12;1-2/h5-9,11H,4,10H2,1-3H3;1-2H3. The van der Waals surface area contributed by atoms with Gasteiger partial charge in [-0.25, -0.2) is 13.2 Å². The summed E-state index contributed by atoms with van der Waals surface area (Å²) in [6.45, 7) is 7.89. The molecular weight excluding hydrogens is 290 g/mol. The van der Waals surface area contributed by atoms with Gasteiger partial charge in [0.25, 0.3) is 0 Å². The van der Waals surface area contributed by atoms with Gasteiger partial charge in [-0.15, -0.1) is 0 Å². The predicted octanol–water partition coefficient (Wildman–Crippen LogP) is 2.96. The molecule has 120 valence electrons. The summed E-state index contributed by atoms with van der Waals surface area (Å²) >= 11 is 0. The predicted molar refractivity (Wildman–Crippen MR) is 84.1 cm³/mol. The molecule has 0 spiro atoms. The Kier molecular flexibility index (Phi) is 8.69. The van der Waals surface area contributed by atoms with Gasteiger partial charge in [-0.05, 0) is 26.0 Å². The lowest BCUT2D eigenvalue weighted by Gasteiger charge is -2.19. The summed E-state index contributed by atoms with van der Waals surface area (Å²) in [6.07, 6.45) is -1.20. The molecule has 5 nitrogen and oxygen atoms in total. The molecule has 0 heterocycles. The Bertz CT molecular complexity index is 514. The first kappa shape index (κ1) is 19.4. The molecular formula is C15H25NO4S. The summed E-state index contributed by atoms with van der Waals surface area (Å²) in [5.74, 6) is -0.222. The normalized spacial score (nSPS) is 11.9. The van der Waals surface area contributed by atoms with Gasteiger partial charge in [0.2, 0.25) is 0 Å². The second-order valence-corrected chi connectivity index (χ2v) is 6.34. The molecule has 0 fully saturated rings. The molecule has 0 aliphatic carbocycles. The van der Waals surface area contributed by atoms with Gasteiger partial charge >= 0.3 is 6.09 Å². The summed E-state index contributed by atoms with van der Waals surface area (Å²) in [7, 11) is -1.84. The van der Waals surface area contributed by atoms with E-state index in [0.29, 0.717) is 6.54 Å². The van der Waals surface area contributed by atoms with E-state index in [0.717, 1.165) is 0 Å². The lowest BCUT2D eigenvalue weighted by Crippen LogP contribution is -2.32. The van der Waals surface area contributed by atoms with Crippen molar-refractivity contribution in [2.45, 2.75) is 38.7 Å². The number of benzene rings is 1. The Morgan fingerprint density at radius 1 is 1.24 bits per heavy atom. The fourth-order valence-corrected chi connectivity index (χ4v) is 2.91. The molecule has 0 bridgehead atoms. The van der Waals surface area contributed by atoms with E-state index < -0.39 is 22.0 Å². The molecule has 1 aromatic carbocycles. The summed E-state index contributed by atoms with van der Waals surface area (Å²) in [6, 6.07) is 8.13. The average molecular weight is 315 g/mol. The number of hydrogen-bond acceptors (Lipinski definition) is 4. The van der Waals surface area contributed by atoms with Crippen molar-refractivity contribution >= 4 is 15.9 Å². The quantitative estimate of drug-likeness (QED) is 0.838. The maximum Gasteiger partial charge on any atom is 0.409 e. The number of hydrogen-bond donors (Lipinski definition) is 0. The third-order valence-electron chi connectivity index (χ3n) is 2.64. The minimum absolute atomic E-state index is 0.222. The van der Waals surface area contributed by atoms with Crippen molar-refractivity contribution in [3.05, 3.63) is 30.3 Å². The van der Waals surface area contributed by atoms with E-state index >= 15 is 0 Å². The number of amides is 1.